The normalized spacial score (nSPS) is 11.6. The summed E-state index contributed by atoms with van der Waals surface area (Å²) in [5.41, 5.74) is 0. The molecule has 0 spiro atoms. The van der Waals surface area contributed by atoms with E-state index in [-0.39, 0.29) is 4.90 Å². The molecule has 0 heterocycles. The Bertz CT molecular complexity index is 650. The number of hydrogen-bond acceptors (Lipinski definition) is 3. The summed E-state index contributed by atoms with van der Waals surface area (Å²) in [6.45, 7) is 2.18. The summed E-state index contributed by atoms with van der Waals surface area (Å²) in [6, 6.07) is 10.6. The van der Waals surface area contributed by atoms with Crippen LogP contribution in [-0.4, -0.2) is 15.0 Å². The smallest absolute Gasteiger partial charge is 0.242 e. The van der Waals surface area contributed by atoms with Crippen molar-refractivity contribution < 1.29 is 13.2 Å². The van der Waals surface area contributed by atoms with Gasteiger partial charge in [-0.3, -0.25) is 0 Å². The largest absolute Gasteiger partial charge is 0.492 e. The van der Waals surface area contributed by atoms with E-state index in [0.29, 0.717) is 17.7 Å². The maximum absolute atomic E-state index is 11.6. The molecule has 0 saturated carbocycles. The molecule has 0 radical (unpaired) electrons. The van der Waals surface area contributed by atoms with Crippen molar-refractivity contribution >= 4 is 20.8 Å². The van der Waals surface area contributed by atoms with Crippen molar-refractivity contribution in [1.29, 1.82) is 0 Å². The zero-order chi connectivity index (χ0) is 12.5. The van der Waals surface area contributed by atoms with Gasteiger partial charge in [-0.2, -0.15) is 0 Å². The monoisotopic (exact) mass is 251 g/mol. The highest BCUT2D eigenvalue weighted by atomic mass is 32.2. The summed E-state index contributed by atoms with van der Waals surface area (Å²) < 4.78 is 28.6. The lowest BCUT2D eigenvalue weighted by atomic mass is 10.1. The summed E-state index contributed by atoms with van der Waals surface area (Å²) in [5, 5.41) is 6.65. The highest BCUT2D eigenvalue weighted by molar-refractivity contribution is 7.89. The van der Waals surface area contributed by atoms with Gasteiger partial charge in [-0.05, 0) is 18.4 Å². The first-order valence-electron chi connectivity index (χ1n) is 5.21. The molecule has 2 aromatic rings. The first kappa shape index (κ1) is 11.9. The van der Waals surface area contributed by atoms with Gasteiger partial charge in [-0.15, -0.1) is 0 Å². The van der Waals surface area contributed by atoms with Crippen LogP contribution >= 0.6 is 0 Å². The number of hydrogen-bond donors (Lipinski definition) is 1. The Hall–Kier alpha value is -1.59. The zero-order valence-electron chi connectivity index (χ0n) is 9.38. The first-order valence-corrected chi connectivity index (χ1v) is 6.76. The standard InChI is InChI=1S/C12H13NO3S/c1-2-16-11-8-7-9-5-3-4-6-10(9)12(11)17(13,14)15/h3-8H,2H2,1H3,(H2,13,14,15). The van der Waals surface area contributed by atoms with Gasteiger partial charge >= 0.3 is 0 Å². The molecular weight excluding hydrogens is 238 g/mol. The lowest BCUT2D eigenvalue weighted by Crippen LogP contribution is -2.14. The molecule has 0 amide bonds. The van der Waals surface area contributed by atoms with Gasteiger partial charge in [0.05, 0.1) is 6.61 Å². The molecule has 90 valence electrons. The summed E-state index contributed by atoms with van der Waals surface area (Å²) in [4.78, 5) is 0.0532. The van der Waals surface area contributed by atoms with Crippen LogP contribution in [0.1, 0.15) is 6.92 Å². The van der Waals surface area contributed by atoms with E-state index in [4.69, 9.17) is 9.88 Å². The Balaban J connectivity index is 2.85. The number of rotatable bonds is 3. The summed E-state index contributed by atoms with van der Waals surface area (Å²) >= 11 is 0. The minimum Gasteiger partial charge on any atom is -0.492 e. The van der Waals surface area contributed by atoms with E-state index in [2.05, 4.69) is 0 Å². The van der Waals surface area contributed by atoms with Crippen LogP contribution in [0.4, 0.5) is 0 Å². The predicted octanol–water partition coefficient (Wildman–Crippen LogP) is 1.89. The molecule has 0 fully saturated rings. The molecule has 0 atom stereocenters. The second-order valence-corrected chi connectivity index (χ2v) is 5.09. The van der Waals surface area contributed by atoms with Crippen LogP contribution in [0, 0.1) is 0 Å². The third-order valence-corrected chi connectivity index (χ3v) is 3.42. The predicted molar refractivity (Wildman–Crippen MR) is 66.5 cm³/mol. The molecule has 0 aliphatic heterocycles. The Labute approximate surface area is 100 Å². The Morgan fingerprint density at radius 3 is 2.53 bits per heavy atom. The van der Waals surface area contributed by atoms with Crippen molar-refractivity contribution in [1.82, 2.24) is 0 Å². The van der Waals surface area contributed by atoms with Gasteiger partial charge in [0, 0.05) is 5.39 Å². The molecule has 17 heavy (non-hydrogen) atoms. The first-order chi connectivity index (χ1) is 8.04. The number of benzene rings is 2. The van der Waals surface area contributed by atoms with Crippen LogP contribution in [0.5, 0.6) is 5.75 Å². The molecule has 0 saturated heterocycles. The average Bonchev–Trinajstić information content (AvgIpc) is 2.27. The topological polar surface area (TPSA) is 69.4 Å². The van der Waals surface area contributed by atoms with E-state index in [1.165, 1.54) is 0 Å². The molecule has 0 unspecified atom stereocenters. The molecule has 0 aliphatic carbocycles. The van der Waals surface area contributed by atoms with Gasteiger partial charge in [0.2, 0.25) is 10.0 Å². The van der Waals surface area contributed by atoms with Crippen LogP contribution in [0.25, 0.3) is 10.8 Å². The lowest BCUT2D eigenvalue weighted by Gasteiger charge is -2.11. The summed E-state index contributed by atoms with van der Waals surface area (Å²) in [6.07, 6.45) is 0. The summed E-state index contributed by atoms with van der Waals surface area (Å²) in [7, 11) is -3.81. The highest BCUT2D eigenvalue weighted by Crippen LogP contribution is 2.31. The van der Waals surface area contributed by atoms with Crippen molar-refractivity contribution in [3.8, 4) is 5.75 Å². The van der Waals surface area contributed by atoms with E-state index in [1.54, 1.807) is 25.1 Å². The van der Waals surface area contributed by atoms with Crippen molar-refractivity contribution in [3.63, 3.8) is 0 Å². The van der Waals surface area contributed by atoms with E-state index in [0.717, 1.165) is 5.39 Å². The number of fused-ring (bicyclic) bond motifs is 1. The number of ether oxygens (including phenoxy) is 1. The van der Waals surface area contributed by atoms with E-state index in [1.807, 2.05) is 18.2 Å². The van der Waals surface area contributed by atoms with Gasteiger partial charge in [-0.1, -0.05) is 30.3 Å². The quantitative estimate of drug-likeness (QED) is 0.905. The molecular formula is C12H13NO3S. The highest BCUT2D eigenvalue weighted by Gasteiger charge is 2.18. The van der Waals surface area contributed by atoms with Crippen LogP contribution in [0.2, 0.25) is 0 Å². The molecule has 2 aromatic carbocycles. The van der Waals surface area contributed by atoms with Crippen LogP contribution in [0.15, 0.2) is 41.3 Å². The van der Waals surface area contributed by atoms with Gasteiger partial charge in [0.15, 0.2) is 0 Å². The third-order valence-electron chi connectivity index (χ3n) is 2.43. The fourth-order valence-electron chi connectivity index (χ4n) is 1.79. The van der Waals surface area contributed by atoms with Crippen LogP contribution in [-0.2, 0) is 10.0 Å². The van der Waals surface area contributed by atoms with Crippen molar-refractivity contribution in [2.24, 2.45) is 5.14 Å². The second-order valence-electron chi connectivity index (χ2n) is 3.59. The Morgan fingerprint density at radius 2 is 1.88 bits per heavy atom. The number of nitrogens with two attached hydrogens (primary N) is 1. The molecule has 4 nitrogen and oxygen atoms in total. The van der Waals surface area contributed by atoms with Crippen LogP contribution in [0.3, 0.4) is 0 Å². The third kappa shape index (κ3) is 2.25. The van der Waals surface area contributed by atoms with Gasteiger partial charge in [0.1, 0.15) is 10.6 Å². The molecule has 2 rings (SSSR count). The SMILES string of the molecule is CCOc1ccc2ccccc2c1S(N)(=O)=O. The maximum Gasteiger partial charge on any atom is 0.242 e. The number of primary sulfonamides is 1. The van der Waals surface area contributed by atoms with Crippen molar-refractivity contribution in [3.05, 3.63) is 36.4 Å². The van der Waals surface area contributed by atoms with Gasteiger partial charge < -0.3 is 4.74 Å². The van der Waals surface area contributed by atoms with Gasteiger partial charge in [-0.25, -0.2) is 13.6 Å². The zero-order valence-corrected chi connectivity index (χ0v) is 10.2. The molecule has 0 bridgehead atoms. The molecule has 5 heteroatoms. The van der Waals surface area contributed by atoms with Crippen molar-refractivity contribution in [2.45, 2.75) is 11.8 Å². The molecule has 0 aromatic heterocycles. The minimum absolute atomic E-state index is 0.0532. The summed E-state index contributed by atoms with van der Waals surface area (Å²) in [5.74, 6) is 0.300. The lowest BCUT2D eigenvalue weighted by molar-refractivity contribution is 0.332. The fraction of sp³-hybridized carbons (Fsp3) is 0.167. The Kier molecular flexibility index (Phi) is 3.04. The fourth-order valence-corrected chi connectivity index (χ4v) is 2.69. The van der Waals surface area contributed by atoms with E-state index >= 15 is 0 Å². The number of sulfonamides is 1. The van der Waals surface area contributed by atoms with Crippen molar-refractivity contribution in [2.75, 3.05) is 6.61 Å². The van der Waals surface area contributed by atoms with Crippen LogP contribution < -0.4 is 9.88 Å². The average molecular weight is 251 g/mol. The maximum atomic E-state index is 11.6. The minimum atomic E-state index is -3.81. The molecule has 0 aliphatic rings. The van der Waals surface area contributed by atoms with Gasteiger partial charge in [0.25, 0.3) is 0 Å². The second kappa shape index (κ2) is 4.35. The van der Waals surface area contributed by atoms with E-state index < -0.39 is 10.0 Å². The van der Waals surface area contributed by atoms with E-state index in [9.17, 15) is 8.42 Å². The molecule has 2 N–H and O–H groups in total. The Morgan fingerprint density at radius 1 is 1.18 bits per heavy atom.